The van der Waals surface area contributed by atoms with Crippen LogP contribution >= 0.6 is 0 Å². The molecule has 4 nitrogen and oxygen atoms in total. The highest BCUT2D eigenvalue weighted by Crippen LogP contribution is 2.43. The molecule has 0 spiro atoms. The highest BCUT2D eigenvalue weighted by molar-refractivity contribution is 5.48. The van der Waals surface area contributed by atoms with Gasteiger partial charge in [0.25, 0.3) is 0 Å². The minimum atomic E-state index is -1.02. The highest BCUT2D eigenvalue weighted by Gasteiger charge is 2.40. The molecule has 1 saturated heterocycles. The number of methoxy groups -OCH3 is 2. The second-order valence-electron chi connectivity index (χ2n) is 4.75. The second kappa shape index (κ2) is 5.16. The molecule has 100 valence electrons. The molecule has 0 radical (unpaired) electrons. The normalized spacial score (nSPS) is 22.6. The summed E-state index contributed by atoms with van der Waals surface area (Å²) in [5, 5.41) is 10.9. The molecule has 0 saturated carbocycles. The van der Waals surface area contributed by atoms with Gasteiger partial charge in [0.15, 0.2) is 0 Å². The number of hydrogen-bond acceptors (Lipinski definition) is 4. The molecule has 2 atom stereocenters. The minimum Gasteiger partial charge on any atom is -0.496 e. The molecular formula is C14H20O4. The van der Waals surface area contributed by atoms with Crippen molar-refractivity contribution in [1.29, 1.82) is 0 Å². The van der Waals surface area contributed by atoms with Crippen LogP contribution in [-0.4, -0.2) is 32.5 Å². The highest BCUT2D eigenvalue weighted by atomic mass is 16.5. The number of benzene rings is 1. The maximum absolute atomic E-state index is 10.9. The Bertz CT molecular complexity index is 386. The summed E-state index contributed by atoms with van der Waals surface area (Å²) in [4.78, 5) is 0. The Morgan fingerprint density at radius 3 is 2.33 bits per heavy atom. The van der Waals surface area contributed by atoms with Crippen LogP contribution in [0.25, 0.3) is 0 Å². The van der Waals surface area contributed by atoms with Crippen molar-refractivity contribution in [3.8, 4) is 11.5 Å². The van der Waals surface area contributed by atoms with Crippen LogP contribution in [0.2, 0.25) is 0 Å². The summed E-state index contributed by atoms with van der Waals surface area (Å²) in [5.41, 5.74) is -0.320. The lowest BCUT2D eigenvalue weighted by Gasteiger charge is -2.32. The fourth-order valence-corrected chi connectivity index (χ4v) is 2.53. The lowest BCUT2D eigenvalue weighted by atomic mass is 9.81. The van der Waals surface area contributed by atoms with E-state index in [0.717, 1.165) is 6.42 Å². The van der Waals surface area contributed by atoms with E-state index in [2.05, 4.69) is 0 Å². The van der Waals surface area contributed by atoms with Gasteiger partial charge in [0.2, 0.25) is 0 Å². The largest absolute Gasteiger partial charge is 0.496 e. The van der Waals surface area contributed by atoms with Crippen molar-refractivity contribution in [3.05, 3.63) is 23.8 Å². The van der Waals surface area contributed by atoms with Gasteiger partial charge in [-0.2, -0.15) is 0 Å². The molecule has 1 aromatic rings. The molecule has 0 aliphatic carbocycles. The minimum absolute atomic E-state index is 0.0581. The van der Waals surface area contributed by atoms with Crippen LogP contribution in [0.5, 0.6) is 11.5 Å². The fourth-order valence-electron chi connectivity index (χ4n) is 2.53. The second-order valence-corrected chi connectivity index (χ2v) is 4.75. The van der Waals surface area contributed by atoms with Crippen LogP contribution in [0.1, 0.15) is 18.9 Å². The monoisotopic (exact) mass is 252 g/mol. The van der Waals surface area contributed by atoms with Gasteiger partial charge in [0.1, 0.15) is 11.5 Å². The summed E-state index contributed by atoms with van der Waals surface area (Å²) in [6, 6.07) is 5.52. The first-order valence-corrected chi connectivity index (χ1v) is 6.12. The van der Waals surface area contributed by atoms with Gasteiger partial charge in [-0.1, -0.05) is 6.07 Å². The predicted molar refractivity (Wildman–Crippen MR) is 68.0 cm³/mol. The maximum Gasteiger partial charge on any atom is 0.128 e. The van der Waals surface area contributed by atoms with E-state index in [1.54, 1.807) is 21.1 Å². The molecule has 4 heteroatoms. The molecule has 0 aromatic heterocycles. The first-order valence-electron chi connectivity index (χ1n) is 6.12. The van der Waals surface area contributed by atoms with Crippen molar-refractivity contribution in [2.75, 3.05) is 27.4 Å². The van der Waals surface area contributed by atoms with E-state index in [9.17, 15) is 5.11 Å². The third kappa shape index (κ3) is 2.18. The Labute approximate surface area is 107 Å². The first kappa shape index (κ1) is 13.2. The average Bonchev–Trinajstić information content (AvgIpc) is 2.92. The predicted octanol–water partition coefficient (Wildman–Crippen LogP) is 1.95. The smallest absolute Gasteiger partial charge is 0.128 e. The molecule has 0 bridgehead atoms. The average molecular weight is 252 g/mol. The van der Waals surface area contributed by atoms with Gasteiger partial charge in [-0.15, -0.1) is 0 Å². The van der Waals surface area contributed by atoms with E-state index in [1.807, 2.05) is 18.2 Å². The van der Waals surface area contributed by atoms with E-state index in [1.165, 1.54) is 0 Å². The summed E-state index contributed by atoms with van der Waals surface area (Å²) in [5.74, 6) is 1.35. The molecule has 1 aromatic carbocycles. The molecule has 2 rings (SSSR count). The van der Waals surface area contributed by atoms with Crippen molar-refractivity contribution < 1.29 is 19.3 Å². The van der Waals surface area contributed by atoms with Crippen LogP contribution in [0.4, 0.5) is 0 Å². The quantitative estimate of drug-likeness (QED) is 0.889. The van der Waals surface area contributed by atoms with Gasteiger partial charge in [-0.3, -0.25) is 0 Å². The zero-order valence-electron chi connectivity index (χ0n) is 11.1. The zero-order chi connectivity index (χ0) is 13.2. The van der Waals surface area contributed by atoms with E-state index in [0.29, 0.717) is 30.3 Å². The van der Waals surface area contributed by atoms with Crippen LogP contribution in [-0.2, 0) is 10.3 Å². The molecular weight excluding hydrogens is 232 g/mol. The van der Waals surface area contributed by atoms with Crippen molar-refractivity contribution >= 4 is 0 Å². The number of ether oxygens (including phenoxy) is 3. The van der Waals surface area contributed by atoms with Gasteiger partial charge in [0.05, 0.1) is 32.0 Å². The Kier molecular flexibility index (Phi) is 3.78. The van der Waals surface area contributed by atoms with Gasteiger partial charge in [0, 0.05) is 12.5 Å². The topological polar surface area (TPSA) is 47.9 Å². The zero-order valence-corrected chi connectivity index (χ0v) is 11.1. The molecule has 1 fully saturated rings. The molecule has 1 aliphatic rings. The summed E-state index contributed by atoms with van der Waals surface area (Å²) in [6.07, 6.45) is 0.841. The Balaban J connectivity index is 2.46. The van der Waals surface area contributed by atoms with Gasteiger partial charge < -0.3 is 19.3 Å². The Morgan fingerprint density at radius 2 is 1.89 bits per heavy atom. The van der Waals surface area contributed by atoms with E-state index in [-0.39, 0.29) is 5.92 Å². The van der Waals surface area contributed by atoms with Gasteiger partial charge in [-0.25, -0.2) is 0 Å². The van der Waals surface area contributed by atoms with Gasteiger partial charge >= 0.3 is 0 Å². The molecule has 1 N–H and O–H groups in total. The third-order valence-corrected chi connectivity index (χ3v) is 3.66. The summed E-state index contributed by atoms with van der Waals surface area (Å²) < 4.78 is 16.1. The maximum atomic E-state index is 10.9. The molecule has 2 unspecified atom stereocenters. The molecule has 1 aliphatic heterocycles. The molecule has 18 heavy (non-hydrogen) atoms. The first-order chi connectivity index (χ1) is 8.61. The number of aliphatic hydroxyl groups is 1. The molecule has 0 amide bonds. The van der Waals surface area contributed by atoms with Crippen molar-refractivity contribution in [1.82, 2.24) is 0 Å². The number of hydrogen-bond donors (Lipinski definition) is 1. The summed E-state index contributed by atoms with van der Waals surface area (Å²) in [7, 11) is 3.19. The summed E-state index contributed by atoms with van der Waals surface area (Å²) in [6.45, 7) is 3.05. The third-order valence-electron chi connectivity index (χ3n) is 3.66. The summed E-state index contributed by atoms with van der Waals surface area (Å²) >= 11 is 0. The van der Waals surface area contributed by atoms with Crippen LogP contribution in [0.3, 0.4) is 0 Å². The lowest BCUT2D eigenvalue weighted by Crippen LogP contribution is -2.33. The van der Waals surface area contributed by atoms with E-state index in [4.69, 9.17) is 14.2 Å². The van der Waals surface area contributed by atoms with Crippen LogP contribution in [0, 0.1) is 5.92 Å². The van der Waals surface area contributed by atoms with Crippen molar-refractivity contribution in [2.45, 2.75) is 18.9 Å². The SMILES string of the molecule is COc1cccc(OC)c1C(C)(O)C1CCOC1. The lowest BCUT2D eigenvalue weighted by molar-refractivity contribution is -0.0133. The van der Waals surface area contributed by atoms with Crippen molar-refractivity contribution in [2.24, 2.45) is 5.92 Å². The van der Waals surface area contributed by atoms with Crippen molar-refractivity contribution in [3.63, 3.8) is 0 Å². The van der Waals surface area contributed by atoms with E-state index < -0.39 is 5.60 Å². The fraction of sp³-hybridized carbons (Fsp3) is 0.571. The van der Waals surface area contributed by atoms with Crippen LogP contribution < -0.4 is 9.47 Å². The van der Waals surface area contributed by atoms with E-state index >= 15 is 0 Å². The van der Waals surface area contributed by atoms with Gasteiger partial charge in [-0.05, 0) is 25.5 Å². The Morgan fingerprint density at radius 1 is 1.28 bits per heavy atom. The number of rotatable bonds is 4. The Hall–Kier alpha value is -1.26. The standard InChI is InChI=1S/C14H20O4/c1-14(15,10-7-8-18-9-10)13-11(16-2)5-4-6-12(13)17-3/h4-6,10,15H,7-9H2,1-3H3. The molecule has 1 heterocycles. The van der Waals surface area contributed by atoms with Crippen LogP contribution in [0.15, 0.2) is 18.2 Å².